The smallest absolute Gasteiger partial charge is 0.328 e. The highest BCUT2D eigenvalue weighted by Gasteiger charge is 2.08. The lowest BCUT2D eigenvalue weighted by molar-refractivity contribution is -0.131. The molecule has 0 atom stereocenters. The number of carbonyl (C=O) groups is 1. The number of rotatable bonds is 5. The van der Waals surface area contributed by atoms with Crippen molar-refractivity contribution < 1.29 is 23.7 Å². The minimum absolute atomic E-state index is 0.0921. The monoisotopic (exact) mass is 278 g/mol. The van der Waals surface area contributed by atoms with E-state index in [4.69, 9.17) is 9.84 Å². The van der Waals surface area contributed by atoms with Crippen LogP contribution in [0, 0.1) is 12.7 Å². The molecule has 0 aliphatic carbocycles. The Morgan fingerprint density at radius 1 is 1.50 bits per heavy atom. The van der Waals surface area contributed by atoms with E-state index in [9.17, 15) is 9.18 Å². The van der Waals surface area contributed by atoms with Crippen LogP contribution >= 0.6 is 0 Å². The van der Waals surface area contributed by atoms with Crippen LogP contribution in [-0.2, 0) is 11.4 Å². The van der Waals surface area contributed by atoms with E-state index in [1.54, 1.807) is 6.92 Å². The van der Waals surface area contributed by atoms with Crippen molar-refractivity contribution in [2.75, 3.05) is 0 Å². The molecular formula is C13H11FN2O4. The Labute approximate surface area is 113 Å². The molecule has 0 saturated heterocycles. The molecule has 7 heteroatoms. The van der Waals surface area contributed by atoms with Crippen LogP contribution in [0.2, 0.25) is 0 Å². The second-order valence-electron chi connectivity index (χ2n) is 3.94. The van der Waals surface area contributed by atoms with Gasteiger partial charge in [-0.3, -0.25) is 0 Å². The number of carboxylic acids is 1. The zero-order chi connectivity index (χ0) is 14.5. The van der Waals surface area contributed by atoms with Crippen molar-refractivity contribution >= 4 is 12.0 Å². The lowest BCUT2D eigenvalue weighted by Crippen LogP contribution is -1.99. The molecule has 0 spiro atoms. The normalized spacial score (nSPS) is 10.9. The number of nitrogens with zero attached hydrogens (tertiary/aromatic N) is 2. The van der Waals surface area contributed by atoms with Crippen molar-refractivity contribution in [3.05, 3.63) is 47.0 Å². The predicted octanol–water partition coefficient (Wildman–Crippen LogP) is 2.19. The molecule has 0 aliphatic rings. The second-order valence-corrected chi connectivity index (χ2v) is 3.94. The number of benzene rings is 1. The van der Waals surface area contributed by atoms with Crippen LogP contribution in [0.15, 0.2) is 28.9 Å². The fourth-order valence-electron chi connectivity index (χ4n) is 1.47. The predicted molar refractivity (Wildman–Crippen MR) is 66.4 cm³/mol. The van der Waals surface area contributed by atoms with Crippen molar-refractivity contribution in [1.29, 1.82) is 0 Å². The second kappa shape index (κ2) is 5.96. The van der Waals surface area contributed by atoms with E-state index in [1.165, 1.54) is 24.3 Å². The number of aromatic nitrogens is 2. The van der Waals surface area contributed by atoms with Gasteiger partial charge in [0.15, 0.2) is 0 Å². The Hall–Kier alpha value is -2.70. The van der Waals surface area contributed by atoms with Gasteiger partial charge in [-0.05, 0) is 31.2 Å². The molecule has 0 unspecified atom stereocenters. The van der Waals surface area contributed by atoms with Crippen LogP contribution in [0.5, 0.6) is 5.75 Å². The number of hydrogen-bond acceptors (Lipinski definition) is 5. The lowest BCUT2D eigenvalue weighted by Gasteiger charge is -2.07. The molecule has 20 heavy (non-hydrogen) atoms. The lowest BCUT2D eigenvalue weighted by atomic mass is 10.2. The maximum Gasteiger partial charge on any atom is 0.328 e. The quantitative estimate of drug-likeness (QED) is 0.844. The molecule has 1 heterocycles. The molecular weight excluding hydrogens is 267 g/mol. The Morgan fingerprint density at radius 3 is 2.95 bits per heavy atom. The van der Waals surface area contributed by atoms with Gasteiger partial charge in [0.2, 0.25) is 0 Å². The van der Waals surface area contributed by atoms with Crippen molar-refractivity contribution in [2.24, 2.45) is 0 Å². The molecule has 0 amide bonds. The summed E-state index contributed by atoms with van der Waals surface area (Å²) in [4.78, 5) is 10.5. The van der Waals surface area contributed by atoms with Crippen LogP contribution in [-0.4, -0.2) is 21.4 Å². The van der Waals surface area contributed by atoms with E-state index in [1.807, 2.05) is 0 Å². The van der Waals surface area contributed by atoms with Gasteiger partial charge in [-0.2, -0.15) is 0 Å². The van der Waals surface area contributed by atoms with E-state index in [2.05, 4.69) is 14.9 Å². The molecule has 1 aromatic carbocycles. The van der Waals surface area contributed by atoms with Crippen LogP contribution < -0.4 is 4.74 Å². The number of aliphatic carboxylic acids is 1. The molecule has 2 rings (SSSR count). The summed E-state index contributed by atoms with van der Waals surface area (Å²) < 4.78 is 23.2. The third kappa shape index (κ3) is 3.41. The summed E-state index contributed by atoms with van der Waals surface area (Å²) in [6.07, 6.45) is 2.17. The minimum Gasteiger partial charge on any atom is -0.486 e. The first kappa shape index (κ1) is 13.7. The fraction of sp³-hybridized carbons (Fsp3) is 0.154. The summed E-state index contributed by atoms with van der Waals surface area (Å²) >= 11 is 0. The highest BCUT2D eigenvalue weighted by atomic mass is 19.1. The van der Waals surface area contributed by atoms with Gasteiger partial charge in [-0.1, -0.05) is 10.3 Å². The average molecular weight is 278 g/mol. The van der Waals surface area contributed by atoms with Crippen LogP contribution in [0.1, 0.15) is 17.0 Å². The number of ether oxygens (including phenoxy) is 1. The topological polar surface area (TPSA) is 85.5 Å². The first-order valence-electron chi connectivity index (χ1n) is 5.67. The van der Waals surface area contributed by atoms with Crippen LogP contribution in [0.4, 0.5) is 4.39 Å². The highest BCUT2D eigenvalue weighted by Crippen LogP contribution is 2.22. The van der Waals surface area contributed by atoms with E-state index in [0.717, 1.165) is 6.08 Å². The first-order chi connectivity index (χ1) is 9.56. The Kier molecular flexibility index (Phi) is 4.09. The van der Waals surface area contributed by atoms with Gasteiger partial charge < -0.3 is 9.84 Å². The van der Waals surface area contributed by atoms with Crippen LogP contribution in [0.3, 0.4) is 0 Å². The molecule has 2 aromatic rings. The van der Waals surface area contributed by atoms with E-state index in [0.29, 0.717) is 22.7 Å². The van der Waals surface area contributed by atoms with Gasteiger partial charge >= 0.3 is 5.97 Å². The summed E-state index contributed by atoms with van der Waals surface area (Å²) in [5.74, 6) is -1.27. The van der Waals surface area contributed by atoms with Gasteiger partial charge in [-0.25, -0.2) is 13.8 Å². The molecule has 6 nitrogen and oxygen atoms in total. The van der Waals surface area contributed by atoms with Crippen molar-refractivity contribution in [3.8, 4) is 5.75 Å². The average Bonchev–Trinajstić information content (AvgIpc) is 2.81. The summed E-state index contributed by atoms with van der Waals surface area (Å²) in [5.41, 5.74) is 1.43. The number of aryl methyl sites for hydroxylation is 1. The molecule has 0 saturated carbocycles. The van der Waals surface area contributed by atoms with Crippen molar-refractivity contribution in [1.82, 2.24) is 10.3 Å². The van der Waals surface area contributed by atoms with Crippen molar-refractivity contribution in [3.63, 3.8) is 0 Å². The minimum atomic E-state index is -1.13. The Balaban J connectivity index is 2.18. The van der Waals surface area contributed by atoms with E-state index >= 15 is 0 Å². The van der Waals surface area contributed by atoms with E-state index < -0.39 is 11.8 Å². The molecule has 0 radical (unpaired) electrons. The maximum absolute atomic E-state index is 13.2. The highest BCUT2D eigenvalue weighted by molar-refractivity contribution is 5.85. The number of halogens is 1. The zero-order valence-electron chi connectivity index (χ0n) is 10.5. The van der Waals surface area contributed by atoms with E-state index in [-0.39, 0.29) is 6.61 Å². The maximum atomic E-state index is 13.2. The molecule has 104 valence electrons. The van der Waals surface area contributed by atoms with Crippen LogP contribution in [0.25, 0.3) is 6.08 Å². The summed E-state index contributed by atoms with van der Waals surface area (Å²) in [6, 6.07) is 3.82. The SMILES string of the molecule is Cc1nonc1COc1ccc(F)cc1/C=C/C(=O)O. The van der Waals surface area contributed by atoms with Gasteiger partial charge in [0.1, 0.15) is 29.6 Å². The fourth-order valence-corrected chi connectivity index (χ4v) is 1.47. The molecule has 1 N–H and O–H groups in total. The molecule has 0 bridgehead atoms. The molecule has 1 aromatic heterocycles. The largest absolute Gasteiger partial charge is 0.486 e. The summed E-state index contributed by atoms with van der Waals surface area (Å²) in [6.45, 7) is 1.81. The number of hydrogen-bond donors (Lipinski definition) is 1. The molecule has 0 aliphatic heterocycles. The van der Waals surface area contributed by atoms with Gasteiger partial charge in [0, 0.05) is 11.6 Å². The first-order valence-corrected chi connectivity index (χ1v) is 5.67. The van der Waals surface area contributed by atoms with Gasteiger partial charge in [0.05, 0.1) is 0 Å². The third-order valence-electron chi connectivity index (χ3n) is 2.49. The van der Waals surface area contributed by atoms with Gasteiger partial charge in [0.25, 0.3) is 0 Å². The Morgan fingerprint density at radius 2 is 2.30 bits per heavy atom. The van der Waals surface area contributed by atoms with Crippen molar-refractivity contribution in [2.45, 2.75) is 13.5 Å². The standard InChI is InChI=1S/C13H11FN2O4/c1-8-11(16-20-15-8)7-19-12-4-3-10(14)6-9(12)2-5-13(17)18/h2-6H,7H2,1H3,(H,17,18)/b5-2+. The Bertz CT molecular complexity index is 652. The summed E-state index contributed by atoms with van der Waals surface area (Å²) in [5, 5.41) is 15.9. The summed E-state index contributed by atoms with van der Waals surface area (Å²) in [7, 11) is 0. The molecule has 0 fully saturated rings. The number of carboxylic acid groups (broad SMARTS) is 1. The third-order valence-corrected chi connectivity index (χ3v) is 2.49. The zero-order valence-corrected chi connectivity index (χ0v) is 10.5. The van der Waals surface area contributed by atoms with Gasteiger partial charge in [-0.15, -0.1) is 0 Å².